The van der Waals surface area contributed by atoms with Crippen molar-refractivity contribution in [3.8, 4) is 0 Å². The Morgan fingerprint density at radius 3 is 2.48 bits per heavy atom. The first kappa shape index (κ1) is 23.5. The van der Waals surface area contributed by atoms with Crippen molar-refractivity contribution in [1.82, 2.24) is 25.3 Å². The van der Waals surface area contributed by atoms with Crippen LogP contribution in [0.5, 0.6) is 0 Å². The van der Waals surface area contributed by atoms with Crippen molar-refractivity contribution in [3.63, 3.8) is 0 Å². The largest absolute Gasteiger partial charge is 0.359 e. The van der Waals surface area contributed by atoms with Crippen LogP contribution in [0.15, 0.2) is 18.2 Å². The Labute approximate surface area is 196 Å². The number of benzene rings is 1. The Morgan fingerprint density at radius 1 is 1.12 bits per heavy atom. The third-order valence-corrected chi connectivity index (χ3v) is 6.70. The number of carbonyl (C=O) groups is 2. The van der Waals surface area contributed by atoms with E-state index in [1.165, 1.54) is 30.4 Å². The smallest absolute Gasteiger partial charge is 0.343 e. The van der Waals surface area contributed by atoms with Gasteiger partial charge in [0, 0.05) is 30.1 Å². The first-order chi connectivity index (χ1) is 15.6. The van der Waals surface area contributed by atoms with Gasteiger partial charge >= 0.3 is 6.03 Å². The van der Waals surface area contributed by atoms with Crippen LogP contribution in [0.4, 0.5) is 10.6 Å². The van der Waals surface area contributed by atoms with E-state index in [2.05, 4.69) is 32.9 Å². The van der Waals surface area contributed by atoms with Crippen LogP contribution in [0, 0.1) is 12.8 Å². The zero-order valence-electron chi connectivity index (χ0n) is 20.6. The third kappa shape index (κ3) is 5.66. The number of anilines is 1. The highest BCUT2D eigenvalue weighted by Gasteiger charge is 2.34. The van der Waals surface area contributed by atoms with Gasteiger partial charge in [-0.05, 0) is 71.4 Å². The van der Waals surface area contributed by atoms with E-state index in [9.17, 15) is 9.59 Å². The Balaban J connectivity index is 1.34. The highest BCUT2D eigenvalue weighted by atomic mass is 16.2. The fraction of sp³-hybridized carbons (Fsp3) is 0.640. The molecule has 2 fully saturated rings. The molecule has 1 saturated heterocycles. The third-order valence-electron chi connectivity index (χ3n) is 6.70. The number of rotatable bonds is 5. The van der Waals surface area contributed by atoms with Gasteiger partial charge in [0.05, 0.1) is 18.1 Å². The van der Waals surface area contributed by atoms with Crippen molar-refractivity contribution in [1.29, 1.82) is 0 Å². The van der Waals surface area contributed by atoms with Crippen molar-refractivity contribution in [2.45, 2.75) is 77.9 Å². The van der Waals surface area contributed by atoms with Crippen molar-refractivity contribution >= 4 is 28.7 Å². The summed E-state index contributed by atoms with van der Waals surface area (Å²) in [4.78, 5) is 27.8. The Kier molecular flexibility index (Phi) is 6.66. The van der Waals surface area contributed by atoms with Gasteiger partial charge < -0.3 is 16.0 Å². The van der Waals surface area contributed by atoms with Crippen LogP contribution in [-0.2, 0) is 4.79 Å². The van der Waals surface area contributed by atoms with E-state index in [1.54, 1.807) is 0 Å². The van der Waals surface area contributed by atoms with E-state index in [0.717, 1.165) is 30.0 Å². The van der Waals surface area contributed by atoms with E-state index in [1.807, 2.05) is 45.9 Å². The predicted molar refractivity (Wildman–Crippen MR) is 132 cm³/mol. The molecule has 0 unspecified atom stereocenters. The van der Waals surface area contributed by atoms with Gasteiger partial charge in [0.25, 0.3) is 0 Å². The van der Waals surface area contributed by atoms with Gasteiger partial charge in [-0.1, -0.05) is 18.6 Å². The topological polar surface area (TPSA) is 91.3 Å². The Morgan fingerprint density at radius 2 is 1.82 bits per heavy atom. The molecule has 1 saturated carbocycles. The van der Waals surface area contributed by atoms with Gasteiger partial charge in [0.2, 0.25) is 5.91 Å². The first-order valence-corrected chi connectivity index (χ1v) is 12.2. The molecule has 4 rings (SSSR count). The average molecular weight is 455 g/mol. The molecule has 2 amide bonds. The standard InChI is InChI=1S/C25H38N6O2/c1-16-6-9-19(10-7-16)30-14-18(15-30)27-22(32)13-26-23-20-12-17(2)8-11-21(20)31(29-23)24(33)28-25(3,4)5/h8,11-12,16,18-19H,6-7,9-10,13-15H2,1-5H3,(H,26,29)(H,27,32)(H,28,33)/t16-,19+. The zero-order valence-corrected chi connectivity index (χ0v) is 20.6. The fourth-order valence-corrected chi connectivity index (χ4v) is 4.84. The molecule has 0 atom stereocenters. The number of nitrogens with zero attached hydrogens (tertiary/aromatic N) is 3. The van der Waals surface area contributed by atoms with Crippen LogP contribution in [0.1, 0.15) is 58.9 Å². The van der Waals surface area contributed by atoms with E-state index >= 15 is 0 Å². The summed E-state index contributed by atoms with van der Waals surface area (Å²) in [6.07, 6.45) is 5.19. The molecule has 1 aliphatic carbocycles. The quantitative estimate of drug-likeness (QED) is 0.643. The van der Waals surface area contributed by atoms with E-state index in [0.29, 0.717) is 17.4 Å². The number of amides is 2. The van der Waals surface area contributed by atoms with E-state index in [-0.39, 0.29) is 30.1 Å². The fourth-order valence-electron chi connectivity index (χ4n) is 4.84. The van der Waals surface area contributed by atoms with Crippen molar-refractivity contribution in [2.24, 2.45) is 5.92 Å². The number of likely N-dealkylation sites (tertiary alicyclic amines) is 1. The van der Waals surface area contributed by atoms with Gasteiger partial charge in [0.1, 0.15) is 0 Å². The van der Waals surface area contributed by atoms with Crippen LogP contribution >= 0.6 is 0 Å². The molecule has 1 aliphatic heterocycles. The highest BCUT2D eigenvalue weighted by molar-refractivity contribution is 5.98. The van der Waals surface area contributed by atoms with Crippen LogP contribution in [-0.4, -0.2) is 63.9 Å². The van der Waals surface area contributed by atoms with Crippen molar-refractivity contribution < 1.29 is 9.59 Å². The van der Waals surface area contributed by atoms with Gasteiger partial charge in [-0.25, -0.2) is 4.79 Å². The number of aryl methyl sites for hydroxylation is 1. The van der Waals surface area contributed by atoms with Crippen molar-refractivity contribution in [3.05, 3.63) is 23.8 Å². The van der Waals surface area contributed by atoms with Crippen LogP contribution in [0.25, 0.3) is 10.9 Å². The maximum Gasteiger partial charge on any atom is 0.343 e. The summed E-state index contributed by atoms with van der Waals surface area (Å²) in [6.45, 7) is 12.1. The summed E-state index contributed by atoms with van der Waals surface area (Å²) >= 11 is 0. The van der Waals surface area contributed by atoms with Crippen LogP contribution < -0.4 is 16.0 Å². The lowest BCUT2D eigenvalue weighted by atomic mass is 9.85. The predicted octanol–water partition coefficient (Wildman–Crippen LogP) is 3.49. The summed E-state index contributed by atoms with van der Waals surface area (Å²) in [5.74, 6) is 1.35. The molecule has 3 N–H and O–H groups in total. The van der Waals surface area contributed by atoms with Crippen LogP contribution in [0.3, 0.4) is 0 Å². The number of hydrogen-bond donors (Lipinski definition) is 3. The number of hydrogen-bond acceptors (Lipinski definition) is 5. The number of fused-ring (bicyclic) bond motifs is 1. The first-order valence-electron chi connectivity index (χ1n) is 12.2. The molecule has 0 bridgehead atoms. The molecule has 33 heavy (non-hydrogen) atoms. The second-order valence-electron chi connectivity index (χ2n) is 10.9. The monoisotopic (exact) mass is 454 g/mol. The summed E-state index contributed by atoms with van der Waals surface area (Å²) in [6, 6.07) is 6.44. The molecule has 2 aliphatic rings. The van der Waals surface area contributed by atoms with Crippen LogP contribution in [0.2, 0.25) is 0 Å². The highest BCUT2D eigenvalue weighted by Crippen LogP contribution is 2.29. The second-order valence-corrected chi connectivity index (χ2v) is 10.9. The summed E-state index contributed by atoms with van der Waals surface area (Å²) < 4.78 is 1.37. The number of aromatic nitrogens is 2. The number of carbonyl (C=O) groups excluding carboxylic acids is 2. The zero-order chi connectivity index (χ0) is 23.8. The molecule has 2 aromatic rings. The second kappa shape index (κ2) is 9.33. The Hall–Kier alpha value is -2.61. The molecule has 8 nitrogen and oxygen atoms in total. The molecule has 180 valence electrons. The molecule has 8 heteroatoms. The molecular weight excluding hydrogens is 416 g/mol. The van der Waals surface area contributed by atoms with Gasteiger partial charge in [-0.2, -0.15) is 4.68 Å². The molecular formula is C25H38N6O2. The Bertz CT molecular complexity index is 1010. The summed E-state index contributed by atoms with van der Waals surface area (Å²) in [5, 5.41) is 14.5. The minimum Gasteiger partial charge on any atom is -0.359 e. The molecule has 0 spiro atoms. The summed E-state index contributed by atoms with van der Waals surface area (Å²) in [7, 11) is 0. The SMILES string of the molecule is Cc1ccc2c(c1)c(NCC(=O)NC1CN([C@H]3CC[C@@H](C)CC3)C1)nn2C(=O)NC(C)(C)C. The van der Waals surface area contributed by atoms with Crippen molar-refractivity contribution in [2.75, 3.05) is 25.0 Å². The minimum atomic E-state index is -0.375. The van der Waals surface area contributed by atoms with E-state index in [4.69, 9.17) is 0 Å². The molecule has 1 aromatic heterocycles. The molecule has 0 radical (unpaired) electrons. The maximum absolute atomic E-state index is 12.8. The van der Waals surface area contributed by atoms with E-state index < -0.39 is 0 Å². The summed E-state index contributed by atoms with van der Waals surface area (Å²) in [5.41, 5.74) is 1.40. The number of nitrogens with one attached hydrogen (secondary N) is 3. The molecule has 1 aromatic carbocycles. The lowest BCUT2D eigenvalue weighted by Crippen LogP contribution is -2.63. The average Bonchev–Trinajstić information content (AvgIpc) is 3.06. The van der Waals surface area contributed by atoms with Gasteiger partial charge in [-0.3, -0.25) is 9.69 Å². The minimum absolute atomic E-state index is 0.0496. The molecule has 2 heterocycles. The van der Waals surface area contributed by atoms with Gasteiger partial charge in [-0.15, -0.1) is 5.10 Å². The normalized spacial score (nSPS) is 22.1. The lowest BCUT2D eigenvalue weighted by molar-refractivity contribution is -0.121. The maximum atomic E-state index is 12.8. The van der Waals surface area contributed by atoms with Gasteiger partial charge in [0.15, 0.2) is 5.82 Å². The lowest BCUT2D eigenvalue weighted by Gasteiger charge is -2.46.